The molecule has 0 aliphatic carbocycles. The van der Waals surface area contributed by atoms with Gasteiger partial charge < -0.3 is 23.9 Å². The number of amides is 1. The first kappa shape index (κ1) is 24.1. The molecule has 0 radical (unpaired) electrons. The summed E-state index contributed by atoms with van der Waals surface area (Å²) >= 11 is 0. The van der Waals surface area contributed by atoms with Crippen LogP contribution in [-0.2, 0) is 16.1 Å². The minimum atomic E-state index is -0.884. The molecule has 37 heavy (non-hydrogen) atoms. The summed E-state index contributed by atoms with van der Waals surface area (Å²) < 4.78 is 12.7. The number of pyridine rings is 2. The normalized spacial score (nSPS) is 17.0. The summed E-state index contributed by atoms with van der Waals surface area (Å²) in [4.78, 5) is 37.0. The molecule has 0 bridgehead atoms. The van der Waals surface area contributed by atoms with E-state index in [-0.39, 0.29) is 23.6 Å². The summed E-state index contributed by atoms with van der Waals surface area (Å²) in [5.41, 5.74) is 3.77. The number of likely N-dealkylation sites (tertiary alicyclic amines) is 1. The van der Waals surface area contributed by atoms with E-state index in [9.17, 15) is 14.7 Å². The highest BCUT2D eigenvalue weighted by molar-refractivity contribution is 6.46. The molecule has 9 nitrogen and oxygen atoms in total. The van der Waals surface area contributed by atoms with Crippen LogP contribution in [0, 0.1) is 13.8 Å². The lowest BCUT2D eigenvalue weighted by atomic mass is 9.95. The molecule has 1 aliphatic heterocycles. The molecule has 9 heteroatoms. The molecule has 1 unspecified atom stereocenters. The average Bonchev–Trinajstić information content (AvgIpc) is 3.38. The van der Waals surface area contributed by atoms with Gasteiger partial charge in [-0.2, -0.15) is 0 Å². The number of carbonyl (C=O) groups excluding carboxylic acids is 2. The maximum atomic E-state index is 13.5. The van der Waals surface area contributed by atoms with Gasteiger partial charge in [-0.15, -0.1) is 0 Å². The molecule has 4 heterocycles. The molecule has 1 amide bonds. The van der Waals surface area contributed by atoms with Crippen LogP contribution in [0.3, 0.4) is 0 Å². The number of aliphatic hydroxyl groups excluding tert-OH is 1. The number of carbonyl (C=O) groups is 2. The first-order chi connectivity index (χ1) is 17.8. The van der Waals surface area contributed by atoms with Crippen LogP contribution in [0.2, 0.25) is 0 Å². The van der Waals surface area contributed by atoms with Gasteiger partial charge in [0.1, 0.15) is 11.3 Å². The summed E-state index contributed by atoms with van der Waals surface area (Å²) in [6.45, 7) is 3.85. The molecule has 4 aromatic rings. The van der Waals surface area contributed by atoms with Gasteiger partial charge >= 0.3 is 0 Å². The van der Waals surface area contributed by atoms with Gasteiger partial charge in [0, 0.05) is 25.1 Å². The molecule has 1 saturated heterocycles. The van der Waals surface area contributed by atoms with Crippen LogP contribution >= 0.6 is 0 Å². The minimum Gasteiger partial charge on any atom is -0.505 e. The van der Waals surface area contributed by atoms with Crippen molar-refractivity contribution in [3.8, 4) is 11.5 Å². The molecule has 1 N–H and O–H groups in total. The van der Waals surface area contributed by atoms with E-state index < -0.39 is 17.7 Å². The predicted molar refractivity (Wildman–Crippen MR) is 136 cm³/mol. The second-order valence-electron chi connectivity index (χ2n) is 8.83. The van der Waals surface area contributed by atoms with Crippen LogP contribution in [-0.4, -0.2) is 50.3 Å². The highest BCUT2D eigenvalue weighted by atomic mass is 16.5. The van der Waals surface area contributed by atoms with Crippen molar-refractivity contribution in [3.05, 3.63) is 94.7 Å². The van der Waals surface area contributed by atoms with Crippen LogP contribution in [0.1, 0.15) is 34.1 Å². The summed E-state index contributed by atoms with van der Waals surface area (Å²) in [5.74, 6) is -0.891. The molecule has 1 aliphatic rings. The van der Waals surface area contributed by atoms with Crippen LogP contribution in [0.4, 0.5) is 0 Å². The zero-order valence-corrected chi connectivity index (χ0v) is 20.9. The van der Waals surface area contributed by atoms with Gasteiger partial charge in [0.15, 0.2) is 17.3 Å². The zero-order valence-electron chi connectivity index (χ0n) is 20.9. The number of Topliss-reactive ketones (excluding diaryl/α,β-unsaturated/α-hetero) is 1. The van der Waals surface area contributed by atoms with E-state index in [1.807, 2.05) is 42.6 Å². The van der Waals surface area contributed by atoms with Crippen LogP contribution in [0.15, 0.2) is 66.6 Å². The van der Waals surface area contributed by atoms with Crippen molar-refractivity contribution >= 4 is 23.1 Å². The van der Waals surface area contributed by atoms with Crippen molar-refractivity contribution in [1.29, 1.82) is 0 Å². The monoisotopic (exact) mass is 498 g/mol. The number of hydrogen-bond acceptors (Lipinski definition) is 7. The van der Waals surface area contributed by atoms with Gasteiger partial charge in [-0.25, -0.2) is 4.98 Å². The number of imidazole rings is 1. The number of rotatable bonds is 6. The highest BCUT2D eigenvalue weighted by Crippen LogP contribution is 2.43. The largest absolute Gasteiger partial charge is 0.505 e. The number of ketones is 1. The Morgan fingerprint density at radius 2 is 1.84 bits per heavy atom. The first-order valence-corrected chi connectivity index (χ1v) is 11.7. The fourth-order valence-electron chi connectivity index (χ4n) is 4.77. The predicted octanol–water partition coefficient (Wildman–Crippen LogP) is 3.99. The highest BCUT2D eigenvalue weighted by Gasteiger charge is 2.46. The van der Waals surface area contributed by atoms with E-state index in [1.165, 1.54) is 19.1 Å². The van der Waals surface area contributed by atoms with Crippen molar-refractivity contribution in [2.75, 3.05) is 14.2 Å². The number of nitrogens with zero attached hydrogens (tertiary/aromatic N) is 4. The number of ether oxygens (including phenoxy) is 2. The minimum absolute atomic E-state index is 0.0368. The maximum absolute atomic E-state index is 13.5. The Hall–Kier alpha value is -4.66. The van der Waals surface area contributed by atoms with Crippen molar-refractivity contribution in [2.45, 2.75) is 26.4 Å². The molecular weight excluding hydrogens is 472 g/mol. The summed E-state index contributed by atoms with van der Waals surface area (Å²) in [6.07, 6.45) is 5.12. The molecule has 1 aromatic carbocycles. The van der Waals surface area contributed by atoms with E-state index in [2.05, 4.69) is 9.97 Å². The fourth-order valence-corrected chi connectivity index (χ4v) is 4.77. The third-order valence-electron chi connectivity index (χ3n) is 6.65. The van der Waals surface area contributed by atoms with E-state index in [0.29, 0.717) is 28.4 Å². The lowest BCUT2D eigenvalue weighted by molar-refractivity contribution is -0.140. The number of methoxy groups -OCH3 is 2. The van der Waals surface area contributed by atoms with Crippen molar-refractivity contribution < 1.29 is 24.2 Å². The Kier molecular flexibility index (Phi) is 6.12. The molecule has 1 fully saturated rings. The lowest BCUT2D eigenvalue weighted by Crippen LogP contribution is -2.29. The Morgan fingerprint density at radius 3 is 2.51 bits per heavy atom. The second-order valence-corrected chi connectivity index (χ2v) is 8.83. The smallest absolute Gasteiger partial charge is 0.295 e. The summed E-state index contributed by atoms with van der Waals surface area (Å²) in [6, 6.07) is 11.7. The van der Waals surface area contributed by atoms with Gasteiger partial charge in [-0.1, -0.05) is 18.2 Å². The first-order valence-electron chi connectivity index (χ1n) is 11.7. The van der Waals surface area contributed by atoms with Crippen molar-refractivity contribution in [2.24, 2.45) is 0 Å². The second kappa shape index (κ2) is 9.42. The van der Waals surface area contributed by atoms with Crippen molar-refractivity contribution in [3.63, 3.8) is 0 Å². The number of aliphatic hydroxyl groups is 1. The Labute approximate surface area is 213 Å². The van der Waals surface area contributed by atoms with E-state index in [0.717, 1.165) is 11.1 Å². The SMILES string of the molecule is COc1ccc(C2/C(=C(\O)c3nc4c(C)cccn4c3C)C(=O)C(=O)N2Cc2cccnc2)cc1OC. The maximum Gasteiger partial charge on any atom is 0.295 e. The number of aromatic nitrogens is 3. The standard InChI is InChI=1S/C28H26N4O5/c1-16-7-6-12-31-17(2)23(30-27(16)31)25(33)22-24(19-9-10-20(36-3)21(13-19)37-4)32(28(35)26(22)34)15-18-8-5-11-29-14-18/h5-14,24,33H,15H2,1-4H3/b25-22+. The van der Waals surface area contributed by atoms with Crippen LogP contribution < -0.4 is 9.47 Å². The van der Waals surface area contributed by atoms with E-state index >= 15 is 0 Å². The fraction of sp³-hybridized carbons (Fsp3) is 0.214. The Balaban J connectivity index is 1.73. The molecule has 1 atom stereocenters. The quantitative estimate of drug-likeness (QED) is 0.243. The summed E-state index contributed by atoms with van der Waals surface area (Å²) in [5, 5.41) is 11.6. The zero-order chi connectivity index (χ0) is 26.3. The van der Waals surface area contributed by atoms with E-state index in [1.54, 1.807) is 36.7 Å². The van der Waals surface area contributed by atoms with Gasteiger partial charge in [-0.3, -0.25) is 14.6 Å². The topological polar surface area (TPSA) is 106 Å². The third kappa shape index (κ3) is 3.98. The molecule has 5 rings (SSSR count). The van der Waals surface area contributed by atoms with Crippen LogP contribution in [0.5, 0.6) is 11.5 Å². The molecule has 3 aromatic heterocycles. The number of hydrogen-bond donors (Lipinski definition) is 1. The third-order valence-corrected chi connectivity index (χ3v) is 6.65. The Morgan fingerprint density at radius 1 is 1.05 bits per heavy atom. The molecule has 0 saturated carbocycles. The number of benzene rings is 1. The number of fused-ring (bicyclic) bond motifs is 1. The lowest BCUT2D eigenvalue weighted by Gasteiger charge is -2.26. The van der Waals surface area contributed by atoms with Gasteiger partial charge in [0.25, 0.3) is 11.7 Å². The Bertz CT molecular complexity index is 1560. The van der Waals surface area contributed by atoms with Gasteiger partial charge in [0.05, 0.1) is 31.5 Å². The molecular formula is C28H26N4O5. The average molecular weight is 499 g/mol. The van der Waals surface area contributed by atoms with Gasteiger partial charge in [0.2, 0.25) is 0 Å². The molecule has 188 valence electrons. The van der Waals surface area contributed by atoms with E-state index in [4.69, 9.17) is 9.47 Å². The summed E-state index contributed by atoms with van der Waals surface area (Å²) in [7, 11) is 3.04. The van der Waals surface area contributed by atoms with Crippen molar-refractivity contribution in [1.82, 2.24) is 19.3 Å². The van der Waals surface area contributed by atoms with Gasteiger partial charge in [-0.05, 0) is 54.8 Å². The number of aryl methyl sites for hydroxylation is 2. The van der Waals surface area contributed by atoms with Crippen LogP contribution in [0.25, 0.3) is 11.4 Å². The molecule has 0 spiro atoms.